The molecule has 3 heteroatoms. The van der Waals surface area contributed by atoms with E-state index in [2.05, 4.69) is 20.8 Å². The quantitative estimate of drug-likeness (QED) is 0.400. The number of unbranched alkanes of at least 4 members (excludes halogenated alkanes) is 4. The fraction of sp³-hybridized carbons (Fsp3) is 0.929. The maximum absolute atomic E-state index is 11.7. The summed E-state index contributed by atoms with van der Waals surface area (Å²) in [5.74, 6) is 0.0973. The molecule has 0 atom stereocenters. The van der Waals surface area contributed by atoms with Gasteiger partial charge < -0.3 is 0 Å². The Labute approximate surface area is 115 Å². The van der Waals surface area contributed by atoms with Gasteiger partial charge in [-0.2, -0.15) is 0 Å². The van der Waals surface area contributed by atoms with Crippen LogP contribution in [0.15, 0.2) is 0 Å². The van der Waals surface area contributed by atoms with Crippen LogP contribution in [-0.2, 0) is 7.87 Å². The van der Waals surface area contributed by atoms with Crippen LogP contribution in [0.1, 0.15) is 72.1 Å². The third-order valence-electron chi connectivity index (χ3n) is 2.86. The van der Waals surface area contributed by atoms with E-state index in [4.69, 9.17) is 3.07 Å². The van der Waals surface area contributed by atoms with Crippen molar-refractivity contribution < 1.29 is 7.87 Å². The van der Waals surface area contributed by atoms with Gasteiger partial charge in [0.25, 0.3) is 0 Å². The third kappa shape index (κ3) is 11.1. The Balaban J connectivity index is 3.81. The van der Waals surface area contributed by atoms with Gasteiger partial charge in [-0.05, 0) is 0 Å². The van der Waals surface area contributed by atoms with Crippen LogP contribution in [0.2, 0.25) is 8.87 Å². The normalized spacial score (nSPS) is 10.8. The molecule has 0 bridgehead atoms. The molecule has 0 aliphatic rings. The van der Waals surface area contributed by atoms with E-state index in [0.717, 1.165) is 12.8 Å². The second-order valence-electron chi connectivity index (χ2n) is 4.68. The van der Waals surface area contributed by atoms with Crippen LogP contribution in [0, 0.1) is 0 Å². The number of carbonyl (C=O) groups is 1. The summed E-state index contributed by atoms with van der Waals surface area (Å²) in [5, 5.41) is 0. The van der Waals surface area contributed by atoms with E-state index in [-0.39, 0.29) is 5.97 Å². The molecule has 0 aliphatic heterocycles. The summed E-state index contributed by atoms with van der Waals surface area (Å²) in [6.07, 6.45) is 8.93. The Morgan fingerprint density at radius 2 is 1.41 bits per heavy atom. The fourth-order valence-corrected chi connectivity index (χ4v) is 8.48. The second-order valence-corrected chi connectivity index (χ2v) is 11.2. The zero-order valence-electron chi connectivity index (χ0n) is 11.9. The van der Waals surface area contributed by atoms with Crippen molar-refractivity contribution in [3.05, 3.63) is 0 Å². The van der Waals surface area contributed by atoms with Crippen LogP contribution in [0.25, 0.3) is 0 Å². The molecule has 0 rings (SSSR count). The first-order valence-electron chi connectivity index (χ1n) is 7.29. The van der Waals surface area contributed by atoms with Crippen molar-refractivity contribution in [2.75, 3.05) is 0 Å². The Bertz CT molecular complexity index is 175. The molecule has 0 fully saturated rings. The van der Waals surface area contributed by atoms with Crippen LogP contribution in [-0.4, -0.2) is 26.1 Å². The standard InChI is InChI=1S/C6H12O2.2C4H9.Sn/c1-2-3-4-5-6(7)8;2*1-3-4-2;/h2-5H2,1H3,(H,7,8);2*1,3-4H2,2H3;/q;;;+1/p-1. The first-order chi connectivity index (χ1) is 8.24. The van der Waals surface area contributed by atoms with E-state index in [1.54, 1.807) is 0 Å². The number of carbonyl (C=O) groups excluding carboxylic acids is 1. The predicted octanol–water partition coefficient (Wildman–Crippen LogP) is 4.70. The summed E-state index contributed by atoms with van der Waals surface area (Å²) in [7, 11) is 0. The van der Waals surface area contributed by atoms with Gasteiger partial charge in [-0.15, -0.1) is 0 Å². The first kappa shape index (κ1) is 17.3. The Morgan fingerprint density at radius 3 is 1.88 bits per heavy atom. The SMILES string of the molecule is CCCCCC(=O)[O][Sn]([CH2]CCC)[CH2]CCC. The maximum atomic E-state index is 11.7. The molecule has 101 valence electrons. The van der Waals surface area contributed by atoms with E-state index in [1.807, 2.05) is 0 Å². The van der Waals surface area contributed by atoms with Gasteiger partial charge in [-0.3, -0.25) is 0 Å². The molecule has 0 aromatic carbocycles. The molecule has 0 spiro atoms. The van der Waals surface area contributed by atoms with Crippen molar-refractivity contribution in [3.63, 3.8) is 0 Å². The van der Waals surface area contributed by atoms with Gasteiger partial charge in [0.15, 0.2) is 0 Å². The van der Waals surface area contributed by atoms with Crippen molar-refractivity contribution >= 4 is 26.1 Å². The monoisotopic (exact) mass is 349 g/mol. The van der Waals surface area contributed by atoms with Crippen LogP contribution in [0.3, 0.4) is 0 Å². The zero-order valence-corrected chi connectivity index (χ0v) is 14.7. The van der Waals surface area contributed by atoms with Crippen LogP contribution in [0.4, 0.5) is 0 Å². The third-order valence-corrected chi connectivity index (χ3v) is 9.54. The first-order valence-corrected chi connectivity index (χ1v) is 12.5. The zero-order chi connectivity index (χ0) is 12.9. The number of hydrogen-bond acceptors (Lipinski definition) is 2. The van der Waals surface area contributed by atoms with Crippen LogP contribution < -0.4 is 0 Å². The van der Waals surface area contributed by atoms with E-state index in [9.17, 15) is 4.79 Å². The van der Waals surface area contributed by atoms with Gasteiger partial charge >= 0.3 is 115 Å². The van der Waals surface area contributed by atoms with Gasteiger partial charge in [-0.1, -0.05) is 0 Å². The minimum absolute atomic E-state index is 0.0973. The van der Waals surface area contributed by atoms with Crippen molar-refractivity contribution in [2.24, 2.45) is 0 Å². The molecule has 0 heterocycles. The molecule has 0 saturated heterocycles. The molecule has 0 unspecified atom stereocenters. The second kappa shape index (κ2) is 12.7. The van der Waals surface area contributed by atoms with Gasteiger partial charge in [0.2, 0.25) is 0 Å². The van der Waals surface area contributed by atoms with Gasteiger partial charge in [-0.25, -0.2) is 0 Å². The number of hydrogen-bond donors (Lipinski definition) is 0. The van der Waals surface area contributed by atoms with Crippen molar-refractivity contribution in [3.8, 4) is 0 Å². The molecule has 0 amide bonds. The fourth-order valence-electron chi connectivity index (χ4n) is 1.71. The predicted molar refractivity (Wildman–Crippen MR) is 75.4 cm³/mol. The van der Waals surface area contributed by atoms with E-state index in [0.29, 0.717) is 6.42 Å². The Kier molecular flexibility index (Phi) is 12.9. The molecular formula is C14H29O2Sn. The van der Waals surface area contributed by atoms with E-state index >= 15 is 0 Å². The molecule has 0 saturated carbocycles. The van der Waals surface area contributed by atoms with E-state index in [1.165, 1.54) is 41.0 Å². The summed E-state index contributed by atoms with van der Waals surface area (Å²) in [6, 6.07) is 0. The summed E-state index contributed by atoms with van der Waals surface area (Å²) in [4.78, 5) is 11.7. The van der Waals surface area contributed by atoms with Gasteiger partial charge in [0.05, 0.1) is 0 Å². The molecule has 0 aromatic rings. The summed E-state index contributed by atoms with van der Waals surface area (Å²) >= 11 is -1.81. The minimum atomic E-state index is -1.81. The Hall–Kier alpha value is 0.269. The summed E-state index contributed by atoms with van der Waals surface area (Å²) in [5.41, 5.74) is 0. The molecule has 1 radical (unpaired) electrons. The number of rotatable bonds is 11. The molecule has 17 heavy (non-hydrogen) atoms. The van der Waals surface area contributed by atoms with Crippen molar-refractivity contribution in [1.29, 1.82) is 0 Å². The van der Waals surface area contributed by atoms with Crippen LogP contribution >= 0.6 is 0 Å². The van der Waals surface area contributed by atoms with E-state index < -0.39 is 20.2 Å². The Morgan fingerprint density at radius 1 is 0.882 bits per heavy atom. The molecule has 0 aromatic heterocycles. The molecule has 0 N–H and O–H groups in total. The average Bonchev–Trinajstić information content (AvgIpc) is 2.33. The molecule has 0 aliphatic carbocycles. The van der Waals surface area contributed by atoms with Gasteiger partial charge in [0.1, 0.15) is 0 Å². The van der Waals surface area contributed by atoms with Crippen LogP contribution in [0.5, 0.6) is 0 Å². The summed E-state index contributed by atoms with van der Waals surface area (Å²) in [6.45, 7) is 6.59. The van der Waals surface area contributed by atoms with Crippen molar-refractivity contribution in [1.82, 2.24) is 0 Å². The van der Waals surface area contributed by atoms with Crippen molar-refractivity contribution in [2.45, 2.75) is 81.0 Å². The van der Waals surface area contributed by atoms with Gasteiger partial charge in [0, 0.05) is 0 Å². The topological polar surface area (TPSA) is 26.3 Å². The average molecular weight is 348 g/mol. The summed E-state index contributed by atoms with van der Waals surface area (Å²) < 4.78 is 8.23. The molecular weight excluding hydrogens is 319 g/mol. The molecule has 2 nitrogen and oxygen atoms in total.